The Morgan fingerprint density at radius 1 is 0.955 bits per heavy atom. The number of aliphatic carboxylic acids is 1. The zero-order valence-corrected chi connectivity index (χ0v) is 41.3. The lowest BCUT2D eigenvalue weighted by atomic mass is 9.89. The largest absolute Gasteiger partial charge is 0.480 e. The van der Waals surface area contributed by atoms with Gasteiger partial charge in [0.25, 0.3) is 0 Å². The second-order valence-electron chi connectivity index (χ2n) is 19.0. The number of amides is 5. The van der Waals surface area contributed by atoms with Gasteiger partial charge in [-0.1, -0.05) is 78.0 Å². The van der Waals surface area contributed by atoms with E-state index in [1.807, 2.05) is 33.8 Å². The van der Waals surface area contributed by atoms with Gasteiger partial charge in [0, 0.05) is 65.2 Å². The summed E-state index contributed by atoms with van der Waals surface area (Å²) in [5, 5.41) is 16.6. The summed E-state index contributed by atoms with van der Waals surface area (Å²) in [6, 6.07) is 5.08. The molecule has 17 nitrogen and oxygen atoms in total. The molecule has 1 aromatic rings. The van der Waals surface area contributed by atoms with Crippen molar-refractivity contribution < 1.29 is 51.8 Å². The minimum atomic E-state index is -3.39. The summed E-state index contributed by atoms with van der Waals surface area (Å²) in [5.41, 5.74) is 0.765. The van der Waals surface area contributed by atoms with E-state index < -0.39 is 70.0 Å². The van der Waals surface area contributed by atoms with Gasteiger partial charge in [0.05, 0.1) is 42.4 Å². The van der Waals surface area contributed by atoms with Crippen molar-refractivity contribution in [3.05, 3.63) is 47.9 Å². The van der Waals surface area contributed by atoms with E-state index in [9.17, 15) is 42.3 Å². The molecule has 1 aromatic carbocycles. The Labute approximate surface area is 392 Å². The van der Waals surface area contributed by atoms with Crippen LogP contribution in [0, 0.1) is 23.7 Å². The molecule has 1 saturated carbocycles. The van der Waals surface area contributed by atoms with Crippen molar-refractivity contribution in [2.24, 2.45) is 23.7 Å². The monoisotopic (exact) mass is 945 g/mol. The van der Waals surface area contributed by atoms with E-state index in [2.05, 4.69) is 17.2 Å². The highest BCUT2D eigenvalue weighted by atomic mass is 32.2. The highest BCUT2D eigenvalue weighted by Gasteiger charge is 2.52. The predicted octanol–water partition coefficient (Wildman–Crippen LogP) is 3.12. The quantitative estimate of drug-likeness (QED) is 0.122. The Hall–Kier alpha value is -4.39. The number of carboxylic acid groups (broad SMARTS) is 1. The van der Waals surface area contributed by atoms with Crippen LogP contribution in [0.4, 0.5) is 0 Å². The predicted molar refractivity (Wildman–Crippen MR) is 250 cm³/mol. The van der Waals surface area contributed by atoms with Gasteiger partial charge in [0.15, 0.2) is 9.84 Å². The van der Waals surface area contributed by atoms with Crippen LogP contribution in [0.2, 0.25) is 0 Å². The van der Waals surface area contributed by atoms with E-state index in [1.54, 1.807) is 64.9 Å². The van der Waals surface area contributed by atoms with Gasteiger partial charge in [-0.3, -0.25) is 24.0 Å². The number of carbonyl (C=O) groups excluding carboxylic acids is 5. The molecule has 2 saturated heterocycles. The van der Waals surface area contributed by atoms with E-state index in [-0.39, 0.29) is 79.0 Å². The van der Waals surface area contributed by atoms with Crippen molar-refractivity contribution in [2.45, 2.75) is 141 Å². The fraction of sp³-hybridized carbons (Fsp3) is 0.708. The first-order chi connectivity index (χ1) is 31.2. The number of ether oxygens (including phenoxy) is 2. The zero-order valence-electron chi connectivity index (χ0n) is 40.5. The molecule has 0 radical (unpaired) electrons. The van der Waals surface area contributed by atoms with Gasteiger partial charge in [0.2, 0.25) is 29.5 Å². The maximum absolute atomic E-state index is 14.6. The Balaban J connectivity index is 1.45. The van der Waals surface area contributed by atoms with Crippen LogP contribution in [0.3, 0.4) is 0 Å². The van der Waals surface area contributed by atoms with Crippen LogP contribution in [0.1, 0.15) is 91.5 Å². The summed E-state index contributed by atoms with van der Waals surface area (Å²) < 4.78 is 35.8. The lowest BCUT2D eigenvalue weighted by Gasteiger charge is -2.41. The number of carbonyl (C=O) groups is 6. The maximum Gasteiger partial charge on any atom is 0.326 e. The van der Waals surface area contributed by atoms with Gasteiger partial charge in [-0.25, -0.2) is 13.2 Å². The minimum Gasteiger partial charge on any atom is -0.480 e. The molecule has 0 unspecified atom stereocenters. The standard InChI is InChI=1S/C48H76N6O11S/c1-11-31(5)42(38(64-9)29-40(56)53-23-16-19-37(53)44(65-10)32(6)45(57)49-36(48(60)61)27-33-17-14-13-15-18-33)52(8)47(59)41(30(3)4)50-46(58)43-34-20-21-35(28-34)54(43)39(55)22-24-51(7)25-26-66(62,63)12-2/h12-15,17-18,30-32,34-38,41-44H,2,11,16,19-29H2,1,3-10H3,(H,49,57)(H,50,58)(H,60,61)/t31-,32+,34-,35-,36-,37-,38+,41-,42-,43-,44+/m0/s1. The van der Waals surface area contributed by atoms with Crippen LogP contribution in [0.15, 0.2) is 42.3 Å². The Kier molecular flexibility index (Phi) is 20.2. The van der Waals surface area contributed by atoms with Gasteiger partial charge in [0.1, 0.15) is 18.1 Å². The average Bonchev–Trinajstić information content (AvgIpc) is 4.07. The van der Waals surface area contributed by atoms with Gasteiger partial charge >= 0.3 is 5.97 Å². The number of piperidine rings is 1. The second-order valence-corrected chi connectivity index (χ2v) is 21.0. The molecule has 11 atom stereocenters. The molecule has 5 amide bonds. The molecule has 2 bridgehead atoms. The molecule has 3 fully saturated rings. The first-order valence-electron chi connectivity index (χ1n) is 23.5. The zero-order chi connectivity index (χ0) is 49.0. The molecule has 18 heteroatoms. The van der Waals surface area contributed by atoms with Crippen LogP contribution in [-0.4, -0.2) is 171 Å². The molecular formula is C48H76N6O11S. The highest BCUT2D eigenvalue weighted by Crippen LogP contribution is 2.43. The molecular weight excluding hydrogens is 869 g/mol. The second kappa shape index (κ2) is 24.6. The number of likely N-dealkylation sites (N-methyl/N-ethyl adjacent to an activating group) is 1. The van der Waals surface area contributed by atoms with Crippen molar-refractivity contribution in [3.8, 4) is 0 Å². The first kappa shape index (κ1) is 54.2. The van der Waals surface area contributed by atoms with Gasteiger partial charge in [-0.15, -0.1) is 0 Å². The lowest BCUT2D eigenvalue weighted by Crippen LogP contribution is -2.60. The number of likely N-dealkylation sites (tertiary alicyclic amines) is 2. The summed E-state index contributed by atoms with van der Waals surface area (Å²) in [4.78, 5) is 89.5. The van der Waals surface area contributed by atoms with Crippen LogP contribution in [-0.2, 0) is 54.5 Å². The van der Waals surface area contributed by atoms with E-state index in [0.717, 1.165) is 23.8 Å². The Bertz CT molecular complexity index is 1950. The highest BCUT2D eigenvalue weighted by molar-refractivity contribution is 7.94. The van der Waals surface area contributed by atoms with Crippen LogP contribution >= 0.6 is 0 Å². The molecule has 1 aliphatic carbocycles. The first-order valence-corrected chi connectivity index (χ1v) is 25.3. The fourth-order valence-electron chi connectivity index (χ4n) is 10.2. The van der Waals surface area contributed by atoms with Crippen molar-refractivity contribution in [1.29, 1.82) is 0 Å². The molecule has 4 rings (SSSR count). The normalized spacial score (nSPS) is 22.6. The lowest BCUT2D eigenvalue weighted by molar-refractivity contribution is -0.149. The molecule has 3 aliphatic rings. The fourth-order valence-corrected chi connectivity index (χ4v) is 10.9. The summed E-state index contributed by atoms with van der Waals surface area (Å²) in [5.74, 6) is -4.21. The summed E-state index contributed by atoms with van der Waals surface area (Å²) in [7, 11) is 3.02. The molecule has 370 valence electrons. The number of benzene rings is 1. The van der Waals surface area contributed by atoms with Crippen molar-refractivity contribution in [3.63, 3.8) is 0 Å². The van der Waals surface area contributed by atoms with Gasteiger partial charge in [-0.05, 0) is 62.5 Å². The molecule has 2 heterocycles. The van der Waals surface area contributed by atoms with Gasteiger partial charge in [-0.2, -0.15) is 0 Å². The summed E-state index contributed by atoms with van der Waals surface area (Å²) >= 11 is 0. The number of sulfone groups is 1. The van der Waals surface area contributed by atoms with Crippen molar-refractivity contribution in [2.75, 3.05) is 53.7 Å². The van der Waals surface area contributed by atoms with E-state index in [1.165, 1.54) is 14.2 Å². The SMILES string of the molecule is C=CS(=O)(=O)CCN(C)CCC(=O)N1[C@H]2CC[C@@H](C2)[C@H]1C(=O)N[C@H](C(=O)N(C)[C@@H]([C@@H](C)CC)[C@@H](CC(=O)N1CCC[C@H]1[C@H](OC)[C@@H](C)C(=O)N[C@@H](Cc1ccccc1)C(=O)O)OC)C(C)C. The number of nitrogens with one attached hydrogen (secondary N) is 2. The van der Waals surface area contributed by atoms with Crippen LogP contribution < -0.4 is 10.6 Å². The number of fused-ring (bicyclic) bond motifs is 2. The number of hydrogen-bond acceptors (Lipinski definition) is 11. The number of rotatable bonds is 26. The topological polar surface area (TPSA) is 212 Å². The van der Waals surface area contributed by atoms with Crippen molar-refractivity contribution in [1.82, 2.24) is 30.2 Å². The van der Waals surface area contributed by atoms with Crippen molar-refractivity contribution >= 4 is 45.3 Å². The van der Waals surface area contributed by atoms with Crippen LogP contribution in [0.5, 0.6) is 0 Å². The Morgan fingerprint density at radius 2 is 1.64 bits per heavy atom. The Morgan fingerprint density at radius 3 is 2.23 bits per heavy atom. The molecule has 3 N–H and O–H groups in total. The third-order valence-electron chi connectivity index (χ3n) is 14.2. The number of methoxy groups -OCH3 is 2. The third-order valence-corrected chi connectivity index (χ3v) is 15.5. The van der Waals surface area contributed by atoms with E-state index in [4.69, 9.17) is 9.47 Å². The number of carboxylic acids is 1. The van der Waals surface area contributed by atoms with Gasteiger partial charge < -0.3 is 44.8 Å². The van der Waals surface area contributed by atoms with Crippen LogP contribution in [0.25, 0.3) is 0 Å². The molecule has 0 spiro atoms. The summed E-state index contributed by atoms with van der Waals surface area (Å²) in [6.45, 7) is 13.7. The molecule has 66 heavy (non-hydrogen) atoms. The van der Waals surface area contributed by atoms with E-state index >= 15 is 0 Å². The maximum atomic E-state index is 14.6. The number of nitrogens with zero attached hydrogens (tertiary/aromatic N) is 4. The molecule has 2 aliphatic heterocycles. The average molecular weight is 945 g/mol. The van der Waals surface area contributed by atoms with E-state index in [0.29, 0.717) is 38.8 Å². The number of hydrogen-bond donors (Lipinski definition) is 3. The smallest absolute Gasteiger partial charge is 0.326 e. The third kappa shape index (κ3) is 13.6. The summed E-state index contributed by atoms with van der Waals surface area (Å²) in [6.07, 6.45) is 2.85. The minimum absolute atomic E-state index is 0.0439. The molecule has 0 aromatic heterocycles.